The van der Waals surface area contributed by atoms with Crippen LogP contribution in [0, 0.1) is 0 Å². The van der Waals surface area contributed by atoms with Crippen molar-refractivity contribution < 1.29 is 23.5 Å². The minimum atomic E-state index is -0.579. The Kier molecular flexibility index (Phi) is 9.27. The van der Waals surface area contributed by atoms with Crippen LogP contribution in [0.1, 0.15) is 70.4 Å². The first-order chi connectivity index (χ1) is 13.1. The molecule has 0 bridgehead atoms. The number of ether oxygens (including phenoxy) is 3. The standard InChI is InChI=1S/C19H34N3O4S/c1-4-6-7-8-13-24-18-17(20-27-21-18)16-10-9-11-22(3,14-16)15-26-19(23)25-12-5-2/h16H,4-15H2,1-3H3/q+1. The third-order valence-corrected chi connectivity index (χ3v) is 5.46. The second-order valence-electron chi connectivity index (χ2n) is 7.60. The SMILES string of the molecule is CCCCCCOc1nsnc1C1CCC[N+](C)(COC(=O)OCCC)C1. The monoisotopic (exact) mass is 400 g/mol. The second-order valence-corrected chi connectivity index (χ2v) is 8.13. The van der Waals surface area contributed by atoms with E-state index in [0.29, 0.717) is 30.3 Å². The van der Waals surface area contributed by atoms with Crippen LogP contribution < -0.4 is 4.74 Å². The summed E-state index contributed by atoms with van der Waals surface area (Å²) in [5.74, 6) is 0.974. The molecule has 1 fully saturated rings. The Morgan fingerprint density at radius 2 is 2.00 bits per heavy atom. The van der Waals surface area contributed by atoms with Gasteiger partial charge in [0.25, 0.3) is 0 Å². The normalized spacial score (nSPS) is 22.4. The molecule has 2 rings (SSSR count). The van der Waals surface area contributed by atoms with Crippen LogP contribution in [0.2, 0.25) is 0 Å². The number of quaternary nitrogens is 1. The molecule has 0 radical (unpaired) electrons. The molecule has 1 saturated heterocycles. The maximum Gasteiger partial charge on any atom is 0.512 e. The fourth-order valence-corrected chi connectivity index (χ4v) is 4.02. The van der Waals surface area contributed by atoms with Crippen molar-refractivity contribution >= 4 is 17.9 Å². The minimum Gasteiger partial charge on any atom is -0.476 e. The summed E-state index contributed by atoms with van der Waals surface area (Å²) in [5.41, 5.74) is 0.966. The highest BCUT2D eigenvalue weighted by Crippen LogP contribution is 2.34. The van der Waals surface area contributed by atoms with E-state index < -0.39 is 6.16 Å². The molecule has 1 aromatic rings. The van der Waals surface area contributed by atoms with Crippen LogP contribution in [0.3, 0.4) is 0 Å². The summed E-state index contributed by atoms with van der Waals surface area (Å²) in [6.07, 6.45) is 7.03. The third-order valence-electron chi connectivity index (χ3n) is 4.94. The minimum absolute atomic E-state index is 0.281. The van der Waals surface area contributed by atoms with Gasteiger partial charge in [-0.2, -0.15) is 4.37 Å². The van der Waals surface area contributed by atoms with E-state index in [-0.39, 0.29) is 5.92 Å². The van der Waals surface area contributed by atoms with E-state index in [9.17, 15) is 4.79 Å². The van der Waals surface area contributed by atoms with Crippen LogP contribution in [0.15, 0.2) is 0 Å². The first-order valence-electron chi connectivity index (χ1n) is 10.2. The molecule has 0 aromatic carbocycles. The van der Waals surface area contributed by atoms with E-state index >= 15 is 0 Å². The van der Waals surface area contributed by atoms with Gasteiger partial charge in [-0.25, -0.2) is 4.79 Å². The molecule has 0 saturated carbocycles. The lowest BCUT2D eigenvalue weighted by molar-refractivity contribution is -0.931. The molecule has 1 aliphatic heterocycles. The highest BCUT2D eigenvalue weighted by atomic mass is 32.1. The van der Waals surface area contributed by atoms with Gasteiger partial charge < -0.3 is 14.2 Å². The van der Waals surface area contributed by atoms with Crippen molar-refractivity contribution in [2.75, 3.05) is 40.1 Å². The molecule has 154 valence electrons. The summed E-state index contributed by atoms with van der Waals surface area (Å²) < 4.78 is 25.8. The average molecular weight is 401 g/mol. The highest BCUT2D eigenvalue weighted by Gasteiger charge is 2.36. The van der Waals surface area contributed by atoms with Gasteiger partial charge in [0, 0.05) is 0 Å². The third kappa shape index (κ3) is 7.25. The number of likely N-dealkylation sites (N-methyl/N-ethyl adjacent to an activating group) is 1. The van der Waals surface area contributed by atoms with Crippen LogP contribution in [-0.4, -0.2) is 59.5 Å². The van der Waals surface area contributed by atoms with E-state index in [1.807, 2.05) is 6.92 Å². The molecule has 0 amide bonds. The molecule has 2 heterocycles. The summed E-state index contributed by atoms with van der Waals surface area (Å²) in [7, 11) is 2.12. The van der Waals surface area contributed by atoms with Crippen molar-refractivity contribution in [3.63, 3.8) is 0 Å². The molecule has 8 heteroatoms. The molecule has 1 aliphatic rings. The van der Waals surface area contributed by atoms with Gasteiger partial charge in [0.1, 0.15) is 5.69 Å². The van der Waals surface area contributed by atoms with Crippen LogP contribution in [0.25, 0.3) is 0 Å². The molecular formula is C19H34N3O4S+. The molecule has 1 aromatic heterocycles. The zero-order valence-corrected chi connectivity index (χ0v) is 17.8. The highest BCUT2D eigenvalue weighted by molar-refractivity contribution is 6.99. The Morgan fingerprint density at radius 1 is 1.15 bits per heavy atom. The van der Waals surface area contributed by atoms with Gasteiger partial charge in [-0.3, -0.25) is 4.48 Å². The van der Waals surface area contributed by atoms with Gasteiger partial charge in [-0.15, -0.1) is 4.37 Å². The van der Waals surface area contributed by atoms with Crippen LogP contribution in [0.4, 0.5) is 4.79 Å². The molecule has 2 atom stereocenters. The lowest BCUT2D eigenvalue weighted by atomic mass is 9.94. The Labute approximate surface area is 166 Å². The van der Waals surface area contributed by atoms with Gasteiger partial charge >= 0.3 is 6.16 Å². The lowest BCUT2D eigenvalue weighted by Gasteiger charge is -2.39. The van der Waals surface area contributed by atoms with Gasteiger partial charge in [-0.1, -0.05) is 33.1 Å². The zero-order valence-electron chi connectivity index (χ0n) is 16.9. The molecule has 0 aliphatic carbocycles. The van der Waals surface area contributed by atoms with Gasteiger partial charge in [0.15, 0.2) is 0 Å². The van der Waals surface area contributed by atoms with Crippen molar-refractivity contribution in [3.8, 4) is 5.88 Å². The molecule has 0 spiro atoms. The van der Waals surface area contributed by atoms with E-state index in [0.717, 1.165) is 44.5 Å². The Morgan fingerprint density at radius 3 is 2.78 bits per heavy atom. The molecule has 2 unspecified atom stereocenters. The number of rotatable bonds is 11. The number of carbonyl (C=O) groups is 1. The van der Waals surface area contributed by atoms with Gasteiger partial charge in [0.05, 0.1) is 51.0 Å². The molecule has 7 nitrogen and oxygen atoms in total. The maximum atomic E-state index is 11.6. The summed E-state index contributed by atoms with van der Waals surface area (Å²) in [4.78, 5) is 11.6. The zero-order chi connectivity index (χ0) is 19.5. The number of aromatic nitrogens is 2. The summed E-state index contributed by atoms with van der Waals surface area (Å²) >= 11 is 1.22. The fraction of sp³-hybridized carbons (Fsp3) is 0.842. The number of likely N-dealkylation sites (tertiary alicyclic amines) is 1. The lowest BCUT2D eigenvalue weighted by Crippen LogP contribution is -2.52. The topological polar surface area (TPSA) is 70.5 Å². The Hall–Kier alpha value is -1.41. The van der Waals surface area contributed by atoms with Crippen molar-refractivity contribution in [1.29, 1.82) is 0 Å². The van der Waals surface area contributed by atoms with E-state index in [4.69, 9.17) is 14.2 Å². The number of hydrogen-bond acceptors (Lipinski definition) is 7. The molecule has 27 heavy (non-hydrogen) atoms. The number of hydrogen-bond donors (Lipinski definition) is 0. The van der Waals surface area contributed by atoms with Crippen molar-refractivity contribution in [2.24, 2.45) is 0 Å². The first-order valence-corrected chi connectivity index (χ1v) is 10.9. The van der Waals surface area contributed by atoms with Gasteiger partial charge in [-0.05, 0) is 25.7 Å². The first kappa shape index (κ1) is 21.9. The van der Waals surface area contributed by atoms with E-state index in [1.54, 1.807) is 0 Å². The second kappa shape index (κ2) is 11.4. The molecular weight excluding hydrogens is 366 g/mol. The van der Waals surface area contributed by atoms with Crippen LogP contribution in [0.5, 0.6) is 5.88 Å². The fourth-order valence-electron chi connectivity index (χ4n) is 3.44. The maximum absolute atomic E-state index is 11.6. The van der Waals surface area contributed by atoms with Crippen LogP contribution in [-0.2, 0) is 9.47 Å². The number of unbranched alkanes of at least 4 members (excludes halogenated alkanes) is 3. The van der Waals surface area contributed by atoms with Crippen molar-refractivity contribution in [2.45, 2.75) is 64.7 Å². The quantitative estimate of drug-likeness (QED) is 0.313. The Balaban J connectivity index is 1.86. The molecule has 0 N–H and O–H groups in total. The van der Waals surface area contributed by atoms with Crippen molar-refractivity contribution in [1.82, 2.24) is 8.75 Å². The van der Waals surface area contributed by atoms with Crippen molar-refractivity contribution in [3.05, 3.63) is 5.69 Å². The summed E-state index contributed by atoms with van der Waals surface area (Å²) in [6, 6.07) is 0. The van der Waals surface area contributed by atoms with E-state index in [2.05, 4.69) is 22.7 Å². The smallest absolute Gasteiger partial charge is 0.476 e. The van der Waals surface area contributed by atoms with Crippen LogP contribution >= 0.6 is 11.7 Å². The average Bonchev–Trinajstić information content (AvgIpc) is 3.13. The largest absolute Gasteiger partial charge is 0.512 e. The summed E-state index contributed by atoms with van der Waals surface area (Å²) in [5, 5.41) is 0. The number of carbonyl (C=O) groups excluding carboxylic acids is 1. The van der Waals surface area contributed by atoms with Gasteiger partial charge in [0.2, 0.25) is 12.6 Å². The predicted octanol–water partition coefficient (Wildman–Crippen LogP) is 4.34. The predicted molar refractivity (Wildman–Crippen MR) is 105 cm³/mol. The number of nitrogens with zero attached hydrogens (tertiary/aromatic N) is 3. The number of piperidine rings is 1. The summed E-state index contributed by atoms with van der Waals surface area (Å²) in [6.45, 7) is 7.42. The van der Waals surface area contributed by atoms with E-state index in [1.165, 1.54) is 31.0 Å². The Bertz CT molecular complexity index is 569.